The molecule has 3 aliphatic carbocycles. The van der Waals surface area contributed by atoms with Crippen LogP contribution < -0.4 is 0 Å². The van der Waals surface area contributed by atoms with Gasteiger partial charge in [0.25, 0.3) is 0 Å². The molecule has 10 heavy (non-hydrogen) atoms. The lowest BCUT2D eigenvalue weighted by molar-refractivity contribution is -0.0258. The van der Waals surface area contributed by atoms with E-state index < -0.39 is 0 Å². The second kappa shape index (κ2) is 1.66. The molecule has 3 rings (SSSR count). The lowest BCUT2D eigenvalue weighted by atomic mass is 9.48. The summed E-state index contributed by atoms with van der Waals surface area (Å²) >= 11 is 0. The van der Waals surface area contributed by atoms with Gasteiger partial charge >= 0.3 is 0 Å². The van der Waals surface area contributed by atoms with Gasteiger partial charge < -0.3 is 0 Å². The number of allylic oxidation sites excluding steroid dienone is 2. The van der Waals surface area contributed by atoms with Crippen molar-refractivity contribution in [2.24, 2.45) is 23.2 Å². The van der Waals surface area contributed by atoms with E-state index in [1.807, 2.05) is 0 Å². The molecule has 3 unspecified atom stereocenters. The van der Waals surface area contributed by atoms with Gasteiger partial charge in [-0.3, -0.25) is 0 Å². The molecule has 0 nitrogen and oxygen atoms in total. The van der Waals surface area contributed by atoms with E-state index in [1.165, 1.54) is 6.42 Å². The first-order valence-electron chi connectivity index (χ1n) is 4.30. The standard InChI is InChI=1S/C10H16/c1-7-4-5-8-6-9(7)10(8,2)3/h4-5,7-9H,6H2,1-3H3. The van der Waals surface area contributed by atoms with E-state index in [9.17, 15) is 0 Å². The molecular formula is C10H16. The molecule has 0 amide bonds. The van der Waals surface area contributed by atoms with E-state index in [4.69, 9.17) is 0 Å². The van der Waals surface area contributed by atoms with Gasteiger partial charge in [-0.25, -0.2) is 0 Å². The van der Waals surface area contributed by atoms with Crippen LogP contribution in [-0.2, 0) is 0 Å². The zero-order valence-electron chi connectivity index (χ0n) is 7.09. The van der Waals surface area contributed by atoms with Gasteiger partial charge in [0.05, 0.1) is 0 Å². The van der Waals surface area contributed by atoms with Crippen LogP contribution >= 0.6 is 0 Å². The van der Waals surface area contributed by atoms with Crippen LogP contribution in [0, 0.1) is 23.2 Å². The summed E-state index contributed by atoms with van der Waals surface area (Å²) < 4.78 is 0. The molecule has 0 heterocycles. The topological polar surface area (TPSA) is 0 Å². The summed E-state index contributed by atoms with van der Waals surface area (Å²) in [4.78, 5) is 0. The minimum atomic E-state index is 0.619. The molecule has 0 heteroatoms. The average molecular weight is 136 g/mol. The first-order chi connectivity index (χ1) is 4.62. The predicted octanol–water partition coefficient (Wildman–Crippen LogP) is 2.85. The SMILES string of the molecule is CC1C=CC2CC1C2(C)C. The summed E-state index contributed by atoms with van der Waals surface area (Å²) in [6.07, 6.45) is 6.26. The third kappa shape index (κ3) is 0.574. The maximum Gasteiger partial charge on any atom is -0.0176 e. The summed E-state index contributed by atoms with van der Waals surface area (Å²) in [5.74, 6) is 2.70. The minimum Gasteiger partial charge on any atom is -0.0851 e. The molecule has 1 saturated carbocycles. The van der Waals surface area contributed by atoms with Gasteiger partial charge in [0.1, 0.15) is 0 Å². The molecule has 0 aromatic rings. The van der Waals surface area contributed by atoms with Crippen molar-refractivity contribution >= 4 is 0 Å². The summed E-state index contributed by atoms with van der Waals surface area (Å²) in [6, 6.07) is 0. The molecule has 0 spiro atoms. The third-order valence-corrected chi connectivity index (χ3v) is 3.70. The van der Waals surface area contributed by atoms with Crippen LogP contribution in [0.3, 0.4) is 0 Å². The van der Waals surface area contributed by atoms with E-state index in [0.717, 1.165) is 17.8 Å². The fourth-order valence-electron chi connectivity index (χ4n) is 2.66. The van der Waals surface area contributed by atoms with E-state index in [1.54, 1.807) is 0 Å². The van der Waals surface area contributed by atoms with Gasteiger partial charge in [0, 0.05) is 0 Å². The van der Waals surface area contributed by atoms with Crippen LogP contribution in [0.1, 0.15) is 27.2 Å². The van der Waals surface area contributed by atoms with Crippen LogP contribution in [0.2, 0.25) is 0 Å². The van der Waals surface area contributed by atoms with Gasteiger partial charge in [-0.15, -0.1) is 0 Å². The zero-order chi connectivity index (χ0) is 7.35. The smallest absolute Gasteiger partial charge is 0.0176 e. The molecule has 3 aliphatic rings. The highest BCUT2D eigenvalue weighted by Crippen LogP contribution is 2.58. The number of fused-ring (bicyclic) bond motifs is 1. The Bertz CT molecular complexity index is 176. The van der Waals surface area contributed by atoms with E-state index in [0.29, 0.717) is 5.41 Å². The van der Waals surface area contributed by atoms with Crippen LogP contribution in [-0.4, -0.2) is 0 Å². The van der Waals surface area contributed by atoms with Crippen LogP contribution in [0.5, 0.6) is 0 Å². The molecular weight excluding hydrogens is 120 g/mol. The van der Waals surface area contributed by atoms with Crippen molar-refractivity contribution in [2.45, 2.75) is 27.2 Å². The second-order valence-corrected chi connectivity index (χ2v) is 4.51. The maximum absolute atomic E-state index is 2.42. The van der Waals surface area contributed by atoms with Crippen molar-refractivity contribution in [2.75, 3.05) is 0 Å². The molecule has 0 radical (unpaired) electrons. The lowest BCUT2D eigenvalue weighted by Gasteiger charge is -2.56. The van der Waals surface area contributed by atoms with Crippen molar-refractivity contribution in [1.82, 2.24) is 0 Å². The quantitative estimate of drug-likeness (QED) is 0.449. The molecule has 0 aromatic carbocycles. The van der Waals surface area contributed by atoms with E-state index in [-0.39, 0.29) is 0 Å². The summed E-state index contributed by atoms with van der Waals surface area (Å²) in [7, 11) is 0. The second-order valence-electron chi connectivity index (χ2n) is 4.51. The van der Waals surface area contributed by atoms with Crippen molar-refractivity contribution in [1.29, 1.82) is 0 Å². The van der Waals surface area contributed by atoms with Crippen LogP contribution in [0.4, 0.5) is 0 Å². The lowest BCUT2D eigenvalue weighted by Crippen LogP contribution is -2.49. The Kier molecular flexibility index (Phi) is 1.07. The third-order valence-electron chi connectivity index (χ3n) is 3.70. The molecule has 2 bridgehead atoms. The highest BCUT2D eigenvalue weighted by Gasteiger charge is 2.50. The highest BCUT2D eigenvalue weighted by atomic mass is 14.5. The molecule has 1 fully saturated rings. The molecule has 3 atom stereocenters. The van der Waals surface area contributed by atoms with Gasteiger partial charge in [0.2, 0.25) is 0 Å². The Morgan fingerprint density at radius 3 is 2.30 bits per heavy atom. The molecule has 0 saturated heterocycles. The van der Waals surface area contributed by atoms with Crippen LogP contribution in [0.25, 0.3) is 0 Å². The summed E-state index contributed by atoms with van der Waals surface area (Å²) in [5.41, 5.74) is 0.619. The fraction of sp³-hybridized carbons (Fsp3) is 0.800. The van der Waals surface area contributed by atoms with E-state index in [2.05, 4.69) is 32.9 Å². The maximum atomic E-state index is 2.42. The predicted molar refractivity (Wildman–Crippen MR) is 43.7 cm³/mol. The Morgan fingerprint density at radius 1 is 1.30 bits per heavy atom. The van der Waals surface area contributed by atoms with Crippen molar-refractivity contribution in [3.63, 3.8) is 0 Å². The Balaban J connectivity index is 2.28. The number of rotatable bonds is 0. The molecule has 56 valence electrons. The molecule has 0 aliphatic heterocycles. The summed E-state index contributed by atoms with van der Waals surface area (Å²) in [6.45, 7) is 7.16. The molecule has 0 aromatic heterocycles. The van der Waals surface area contributed by atoms with Gasteiger partial charge in [-0.05, 0) is 29.6 Å². The van der Waals surface area contributed by atoms with Crippen molar-refractivity contribution < 1.29 is 0 Å². The highest BCUT2D eigenvalue weighted by molar-refractivity contribution is 5.15. The van der Waals surface area contributed by atoms with Gasteiger partial charge in [-0.2, -0.15) is 0 Å². The Morgan fingerprint density at radius 2 is 2.00 bits per heavy atom. The molecule has 0 N–H and O–H groups in total. The van der Waals surface area contributed by atoms with Gasteiger partial charge in [0.15, 0.2) is 0 Å². The largest absolute Gasteiger partial charge is 0.0851 e. The summed E-state index contributed by atoms with van der Waals surface area (Å²) in [5, 5.41) is 0. The normalized spacial score (nSPS) is 48.5. The Labute approximate surface area is 63.3 Å². The first-order valence-corrected chi connectivity index (χ1v) is 4.30. The number of hydrogen-bond acceptors (Lipinski definition) is 0. The average Bonchev–Trinajstić information content (AvgIpc) is 1.87. The first kappa shape index (κ1) is 6.45. The number of hydrogen-bond donors (Lipinski definition) is 0. The zero-order valence-corrected chi connectivity index (χ0v) is 7.09. The Hall–Kier alpha value is -0.260. The minimum absolute atomic E-state index is 0.619. The monoisotopic (exact) mass is 136 g/mol. The van der Waals surface area contributed by atoms with Gasteiger partial charge in [-0.1, -0.05) is 32.9 Å². The van der Waals surface area contributed by atoms with Crippen molar-refractivity contribution in [3.8, 4) is 0 Å². The fourth-order valence-corrected chi connectivity index (χ4v) is 2.66. The van der Waals surface area contributed by atoms with Crippen LogP contribution in [0.15, 0.2) is 12.2 Å². The van der Waals surface area contributed by atoms with Crippen molar-refractivity contribution in [3.05, 3.63) is 12.2 Å². The van der Waals surface area contributed by atoms with E-state index >= 15 is 0 Å².